The highest BCUT2D eigenvalue weighted by atomic mass is 32.2. The van der Waals surface area contributed by atoms with Gasteiger partial charge in [0.1, 0.15) is 5.75 Å². The van der Waals surface area contributed by atoms with E-state index in [0.717, 1.165) is 21.4 Å². The average molecular weight is 383 g/mol. The summed E-state index contributed by atoms with van der Waals surface area (Å²) in [5.41, 5.74) is 2.11. The summed E-state index contributed by atoms with van der Waals surface area (Å²) in [5, 5.41) is 11.3. The van der Waals surface area contributed by atoms with E-state index in [1.807, 2.05) is 42.5 Å². The Bertz CT molecular complexity index is 895. The molecule has 26 heavy (non-hydrogen) atoms. The van der Waals surface area contributed by atoms with Crippen LogP contribution in [0, 0.1) is 0 Å². The molecule has 0 radical (unpaired) electrons. The molecule has 7 heteroatoms. The molecule has 0 atom stereocenters. The van der Waals surface area contributed by atoms with Crippen molar-refractivity contribution in [2.24, 2.45) is 0 Å². The molecule has 0 unspecified atom stereocenters. The summed E-state index contributed by atoms with van der Waals surface area (Å²) in [6.07, 6.45) is 3.19. The van der Waals surface area contributed by atoms with Crippen LogP contribution in [0.2, 0.25) is 0 Å². The minimum Gasteiger partial charge on any atom is -0.497 e. The summed E-state index contributed by atoms with van der Waals surface area (Å²) in [4.78, 5) is 12.0. The molecule has 1 heterocycles. The van der Waals surface area contributed by atoms with Crippen LogP contribution in [0.3, 0.4) is 0 Å². The zero-order chi connectivity index (χ0) is 18.2. The summed E-state index contributed by atoms with van der Waals surface area (Å²) < 4.78 is 5.98. The molecule has 5 nitrogen and oxygen atoms in total. The number of carbonyl (C=O) groups excluding carboxylic acids is 1. The van der Waals surface area contributed by atoms with Gasteiger partial charge in [0.2, 0.25) is 11.0 Å². The first-order chi connectivity index (χ1) is 12.7. The van der Waals surface area contributed by atoms with Gasteiger partial charge >= 0.3 is 0 Å². The second-order valence-electron chi connectivity index (χ2n) is 5.25. The molecule has 0 aliphatic heterocycles. The quantitative estimate of drug-likeness (QED) is 0.370. The number of amides is 1. The maximum atomic E-state index is 12.0. The number of rotatable bonds is 7. The first-order valence-electron chi connectivity index (χ1n) is 7.86. The smallest absolute Gasteiger partial charge is 0.250 e. The molecular formula is C19H17N3O2S2. The Morgan fingerprint density at radius 1 is 1.19 bits per heavy atom. The first kappa shape index (κ1) is 18.2. The van der Waals surface area contributed by atoms with Crippen molar-refractivity contribution < 1.29 is 9.53 Å². The monoisotopic (exact) mass is 383 g/mol. The molecule has 0 aliphatic rings. The third-order valence-corrected chi connectivity index (χ3v) is 5.41. The Hall–Kier alpha value is -2.64. The lowest BCUT2D eigenvalue weighted by molar-refractivity contribution is -0.111. The summed E-state index contributed by atoms with van der Waals surface area (Å²) >= 11 is 2.96. The largest absolute Gasteiger partial charge is 0.497 e. The van der Waals surface area contributed by atoms with Crippen molar-refractivity contribution in [2.75, 3.05) is 12.4 Å². The first-order valence-corrected chi connectivity index (χ1v) is 9.66. The topological polar surface area (TPSA) is 64.1 Å². The van der Waals surface area contributed by atoms with Gasteiger partial charge in [-0.3, -0.25) is 10.1 Å². The lowest BCUT2D eigenvalue weighted by atomic mass is 10.2. The second-order valence-corrected chi connectivity index (χ2v) is 7.45. The number of nitrogens with one attached hydrogen (secondary N) is 1. The second kappa shape index (κ2) is 9.17. The lowest BCUT2D eigenvalue weighted by Gasteiger charge is -2.00. The van der Waals surface area contributed by atoms with Gasteiger partial charge in [0.15, 0.2) is 4.34 Å². The molecular weight excluding hydrogens is 366 g/mol. The zero-order valence-corrected chi connectivity index (χ0v) is 15.7. The highest BCUT2D eigenvalue weighted by Crippen LogP contribution is 2.28. The Morgan fingerprint density at radius 2 is 2.04 bits per heavy atom. The SMILES string of the molecule is COc1cccc(C=CC(=O)Nc2nnc(SCc3ccccc3)s2)c1. The van der Waals surface area contributed by atoms with Crippen LogP contribution >= 0.6 is 23.1 Å². The number of aromatic nitrogens is 2. The van der Waals surface area contributed by atoms with E-state index >= 15 is 0 Å². The summed E-state index contributed by atoms with van der Waals surface area (Å²) in [7, 11) is 1.61. The Balaban J connectivity index is 1.53. The molecule has 1 aromatic heterocycles. The normalized spacial score (nSPS) is 10.8. The molecule has 1 amide bonds. The van der Waals surface area contributed by atoms with Gasteiger partial charge in [-0.25, -0.2) is 0 Å². The van der Waals surface area contributed by atoms with Crippen LogP contribution in [0.4, 0.5) is 5.13 Å². The standard InChI is InChI=1S/C19H17N3O2S2/c1-24-16-9-5-8-14(12-16)10-11-17(23)20-18-21-22-19(26-18)25-13-15-6-3-2-4-7-15/h2-12H,13H2,1H3,(H,20,21,23). The summed E-state index contributed by atoms with van der Waals surface area (Å²) in [6, 6.07) is 17.6. The minimum atomic E-state index is -0.247. The van der Waals surface area contributed by atoms with Crippen molar-refractivity contribution in [1.82, 2.24) is 10.2 Å². The predicted molar refractivity (Wildman–Crippen MR) is 107 cm³/mol. The molecule has 132 valence electrons. The maximum Gasteiger partial charge on any atom is 0.250 e. The van der Waals surface area contributed by atoms with E-state index in [0.29, 0.717) is 5.13 Å². The van der Waals surface area contributed by atoms with E-state index in [1.165, 1.54) is 23.0 Å². The number of thioether (sulfide) groups is 1. The fourth-order valence-corrected chi connectivity index (χ4v) is 3.81. The molecule has 0 bridgehead atoms. The molecule has 0 saturated heterocycles. The van der Waals surface area contributed by atoms with Crippen LogP contribution in [0.1, 0.15) is 11.1 Å². The fourth-order valence-electron chi connectivity index (χ4n) is 2.10. The third-order valence-electron chi connectivity index (χ3n) is 3.36. The van der Waals surface area contributed by atoms with Gasteiger partial charge < -0.3 is 4.74 Å². The van der Waals surface area contributed by atoms with E-state index in [9.17, 15) is 4.79 Å². The molecule has 0 saturated carbocycles. The molecule has 1 N–H and O–H groups in total. The van der Waals surface area contributed by atoms with Gasteiger partial charge in [0, 0.05) is 11.8 Å². The average Bonchev–Trinajstić information content (AvgIpc) is 3.13. The minimum absolute atomic E-state index is 0.247. The fraction of sp³-hybridized carbons (Fsp3) is 0.105. The van der Waals surface area contributed by atoms with Crippen LogP contribution in [0.5, 0.6) is 5.75 Å². The number of nitrogens with zero attached hydrogens (tertiary/aromatic N) is 2. The molecule has 3 rings (SSSR count). The highest BCUT2D eigenvalue weighted by Gasteiger charge is 2.07. The van der Waals surface area contributed by atoms with Crippen molar-refractivity contribution in [3.8, 4) is 5.75 Å². The Labute approximate surface area is 160 Å². The van der Waals surface area contributed by atoms with Crippen molar-refractivity contribution in [1.29, 1.82) is 0 Å². The van der Waals surface area contributed by atoms with Gasteiger partial charge in [0.05, 0.1) is 7.11 Å². The van der Waals surface area contributed by atoms with Crippen LogP contribution in [0.15, 0.2) is 65.0 Å². The van der Waals surface area contributed by atoms with Gasteiger partial charge in [-0.15, -0.1) is 10.2 Å². The van der Waals surface area contributed by atoms with Crippen molar-refractivity contribution in [3.63, 3.8) is 0 Å². The molecule has 0 fully saturated rings. The number of methoxy groups -OCH3 is 1. The number of hydrogen-bond acceptors (Lipinski definition) is 6. The van der Waals surface area contributed by atoms with E-state index in [1.54, 1.807) is 24.9 Å². The number of benzene rings is 2. The van der Waals surface area contributed by atoms with E-state index < -0.39 is 0 Å². The zero-order valence-electron chi connectivity index (χ0n) is 14.1. The van der Waals surface area contributed by atoms with Gasteiger partial charge in [-0.1, -0.05) is 65.6 Å². The molecule has 2 aromatic carbocycles. The highest BCUT2D eigenvalue weighted by molar-refractivity contribution is 8.00. The molecule has 3 aromatic rings. The van der Waals surface area contributed by atoms with Crippen LogP contribution in [-0.2, 0) is 10.5 Å². The van der Waals surface area contributed by atoms with E-state index in [-0.39, 0.29) is 5.91 Å². The number of carbonyl (C=O) groups is 1. The molecule has 0 aliphatic carbocycles. The predicted octanol–water partition coefficient (Wildman–Crippen LogP) is 4.49. The van der Waals surface area contributed by atoms with Crippen molar-refractivity contribution in [2.45, 2.75) is 10.1 Å². The Kier molecular flexibility index (Phi) is 6.40. The van der Waals surface area contributed by atoms with Crippen LogP contribution in [-0.4, -0.2) is 23.2 Å². The van der Waals surface area contributed by atoms with E-state index in [4.69, 9.17) is 4.74 Å². The van der Waals surface area contributed by atoms with Crippen LogP contribution in [0.25, 0.3) is 6.08 Å². The number of ether oxygens (including phenoxy) is 1. The summed E-state index contributed by atoms with van der Waals surface area (Å²) in [5.74, 6) is 1.32. The van der Waals surface area contributed by atoms with E-state index in [2.05, 4.69) is 27.6 Å². The van der Waals surface area contributed by atoms with Gasteiger partial charge in [0.25, 0.3) is 0 Å². The van der Waals surface area contributed by atoms with Crippen molar-refractivity contribution in [3.05, 3.63) is 71.8 Å². The third kappa shape index (κ3) is 5.44. The number of anilines is 1. The molecule has 0 spiro atoms. The van der Waals surface area contributed by atoms with Crippen LogP contribution < -0.4 is 10.1 Å². The van der Waals surface area contributed by atoms with Gasteiger partial charge in [-0.2, -0.15) is 0 Å². The Morgan fingerprint density at radius 3 is 2.85 bits per heavy atom. The lowest BCUT2D eigenvalue weighted by Crippen LogP contribution is -2.07. The summed E-state index contributed by atoms with van der Waals surface area (Å²) in [6.45, 7) is 0. The number of hydrogen-bond donors (Lipinski definition) is 1. The van der Waals surface area contributed by atoms with Gasteiger partial charge in [-0.05, 0) is 29.3 Å². The van der Waals surface area contributed by atoms with Crippen molar-refractivity contribution >= 4 is 40.2 Å². The maximum absolute atomic E-state index is 12.0.